The highest BCUT2D eigenvalue weighted by Crippen LogP contribution is 2.37. The summed E-state index contributed by atoms with van der Waals surface area (Å²) in [6.07, 6.45) is 28.5. The molecular weight excluding hydrogens is 581 g/mol. The van der Waals surface area contributed by atoms with E-state index in [1.54, 1.807) is 0 Å². The van der Waals surface area contributed by atoms with Crippen molar-refractivity contribution in [3.05, 3.63) is 86.5 Å². The van der Waals surface area contributed by atoms with Gasteiger partial charge in [-0.3, -0.25) is 0 Å². The molecule has 0 aliphatic heterocycles. The second kappa shape index (κ2) is 26.2. The molecule has 0 aromatic heterocycles. The van der Waals surface area contributed by atoms with Gasteiger partial charge in [0.25, 0.3) is 0 Å². The number of unbranched alkanes of at least 4 members (excludes halogenated alkanes) is 12. The van der Waals surface area contributed by atoms with Crippen LogP contribution in [0.2, 0.25) is 0 Å². The lowest BCUT2D eigenvalue weighted by Crippen LogP contribution is -2.04. The summed E-state index contributed by atoms with van der Waals surface area (Å²) in [5.74, 6) is 3.16. The Morgan fingerprint density at radius 2 is 0.854 bits per heavy atom. The number of benzene rings is 2. The van der Waals surface area contributed by atoms with Crippen LogP contribution in [0.1, 0.15) is 203 Å². The molecule has 2 heteroatoms. The lowest BCUT2D eigenvalue weighted by Gasteiger charge is -2.21. The Morgan fingerprint density at radius 3 is 1.29 bits per heavy atom. The molecule has 2 nitrogen and oxygen atoms in total. The molecule has 0 spiro atoms. The van der Waals surface area contributed by atoms with E-state index in [-0.39, 0.29) is 0 Å². The van der Waals surface area contributed by atoms with Crippen LogP contribution in [0.3, 0.4) is 0 Å². The largest absolute Gasteiger partial charge is 0.348 e. The summed E-state index contributed by atoms with van der Waals surface area (Å²) in [6, 6.07) is 15.0. The van der Waals surface area contributed by atoms with Crippen molar-refractivity contribution in [1.82, 2.24) is 0 Å². The van der Waals surface area contributed by atoms with E-state index < -0.39 is 0 Å². The predicted molar refractivity (Wildman–Crippen MR) is 212 cm³/mol. The quantitative estimate of drug-likeness (QED) is 0.0303. The highest BCUT2D eigenvalue weighted by Gasteiger charge is 2.20. The molecule has 0 heterocycles. The number of rotatable bonds is 27. The zero-order valence-electron chi connectivity index (χ0n) is 32.3. The van der Waals surface area contributed by atoms with Gasteiger partial charge < -0.3 is 5.53 Å². The molecule has 0 saturated carbocycles. The molecule has 2 rings (SSSR count). The van der Waals surface area contributed by atoms with E-state index in [2.05, 4.69) is 88.6 Å². The summed E-state index contributed by atoms with van der Waals surface area (Å²) in [4.78, 5) is 3.59. The van der Waals surface area contributed by atoms with Gasteiger partial charge in [0.15, 0.2) is 0 Å². The number of hydrogen-bond acceptors (Lipinski definition) is 0. The number of allylic oxidation sites excluding steroid dienone is 2. The molecule has 2 aromatic carbocycles. The fraction of sp³-hybridized carbons (Fsp3) is 0.652. The Morgan fingerprint density at radius 1 is 0.458 bits per heavy atom. The molecule has 0 amide bonds. The molecule has 0 radical (unpaired) electrons. The van der Waals surface area contributed by atoms with Crippen LogP contribution in [0.4, 0.5) is 0 Å². The standard InChI is InChI=1S/C46H72N2/c1-7-13-19-20-21-24-29-42(37-48-47)45(30-18-12-6)46(43-33-38(25-16-10-4)31-39(34-43)26-17-11-5)44-35-40(27-22-14-8-2)32-41(36-44)28-23-15-9-3/h31-36H,7-30H2,1-6H3. The molecule has 2 aromatic rings. The predicted octanol–water partition coefficient (Wildman–Crippen LogP) is 14.4. The normalized spacial score (nSPS) is 11.7. The van der Waals surface area contributed by atoms with Crippen LogP contribution in [-0.4, -0.2) is 10.7 Å². The van der Waals surface area contributed by atoms with Crippen LogP contribution in [0.25, 0.3) is 11.1 Å². The average molecular weight is 653 g/mol. The van der Waals surface area contributed by atoms with Crippen LogP contribution >= 0.6 is 0 Å². The third-order valence-electron chi connectivity index (χ3n) is 9.87. The monoisotopic (exact) mass is 653 g/mol. The van der Waals surface area contributed by atoms with Crippen molar-refractivity contribution < 1.29 is 4.79 Å². The van der Waals surface area contributed by atoms with Crippen LogP contribution in [0.5, 0.6) is 0 Å². The van der Waals surface area contributed by atoms with Crippen molar-refractivity contribution in [2.24, 2.45) is 0 Å². The smallest absolute Gasteiger partial charge is 0.303 e. The second-order valence-corrected chi connectivity index (χ2v) is 14.4. The highest BCUT2D eigenvalue weighted by atomic mass is 14.8. The van der Waals surface area contributed by atoms with Gasteiger partial charge in [-0.2, -0.15) is 0 Å². The molecule has 48 heavy (non-hydrogen) atoms. The first-order chi connectivity index (χ1) is 23.5. The van der Waals surface area contributed by atoms with Gasteiger partial charge in [-0.15, -0.1) is 4.79 Å². The zero-order valence-corrected chi connectivity index (χ0v) is 32.3. The van der Waals surface area contributed by atoms with Crippen molar-refractivity contribution in [2.45, 2.75) is 196 Å². The van der Waals surface area contributed by atoms with Gasteiger partial charge in [0, 0.05) is 0 Å². The lowest BCUT2D eigenvalue weighted by molar-refractivity contribution is 0.00739. The van der Waals surface area contributed by atoms with Crippen LogP contribution < -0.4 is 0 Å². The SMILES string of the molecule is CCCCCCCCC(=C=[N+]=[N-])C(CCCC)=C(c1cc(CCCC)cc(CCCC)c1)c1cc(CCCCC)cc(CCCCC)c1. The minimum Gasteiger partial charge on any atom is -0.348 e. The highest BCUT2D eigenvalue weighted by molar-refractivity contribution is 5.87. The third-order valence-corrected chi connectivity index (χ3v) is 9.87. The van der Waals surface area contributed by atoms with Gasteiger partial charge in [0.05, 0.1) is 5.57 Å². The summed E-state index contributed by atoms with van der Waals surface area (Å²) in [5, 5.41) is 0. The van der Waals surface area contributed by atoms with E-state index in [0.717, 1.165) is 63.4 Å². The van der Waals surface area contributed by atoms with Crippen molar-refractivity contribution in [3.8, 4) is 0 Å². The molecule has 0 fully saturated rings. The van der Waals surface area contributed by atoms with E-state index in [1.165, 1.54) is 141 Å². The van der Waals surface area contributed by atoms with Crippen molar-refractivity contribution in [1.29, 1.82) is 0 Å². The Kier molecular flexibility index (Phi) is 22.7. The molecular formula is C46H72N2. The maximum Gasteiger partial charge on any atom is 0.303 e. The Labute approximate surface area is 297 Å². The van der Waals surface area contributed by atoms with Crippen molar-refractivity contribution >= 4 is 11.4 Å². The van der Waals surface area contributed by atoms with Gasteiger partial charge in [0.1, 0.15) is 0 Å². The zero-order chi connectivity index (χ0) is 34.8. The fourth-order valence-electron chi connectivity index (χ4n) is 7.02. The Balaban J connectivity index is 2.91. The molecule has 266 valence electrons. The number of hydrogen-bond donors (Lipinski definition) is 0. The maximum atomic E-state index is 9.99. The molecule has 0 atom stereocenters. The van der Waals surface area contributed by atoms with Crippen LogP contribution in [-0.2, 0) is 25.7 Å². The van der Waals surface area contributed by atoms with Crippen molar-refractivity contribution in [2.75, 3.05) is 0 Å². The van der Waals surface area contributed by atoms with Gasteiger partial charge in [0.2, 0.25) is 0 Å². The lowest BCUT2D eigenvalue weighted by atomic mass is 9.82. The Hall–Kier alpha value is -2.66. The fourth-order valence-corrected chi connectivity index (χ4v) is 7.02. The summed E-state index contributed by atoms with van der Waals surface area (Å²) >= 11 is 0. The van der Waals surface area contributed by atoms with Crippen LogP contribution in [0.15, 0.2) is 47.5 Å². The summed E-state index contributed by atoms with van der Waals surface area (Å²) < 4.78 is 0. The first kappa shape index (κ1) is 41.5. The molecule has 0 unspecified atom stereocenters. The average Bonchev–Trinajstić information content (AvgIpc) is 3.09. The molecule has 0 saturated heterocycles. The van der Waals surface area contributed by atoms with Crippen molar-refractivity contribution in [3.63, 3.8) is 0 Å². The summed E-state index contributed by atoms with van der Waals surface area (Å²) in [5.41, 5.74) is 22.4. The minimum absolute atomic E-state index is 0.913. The Bertz CT molecular complexity index is 1230. The topological polar surface area (TPSA) is 36.4 Å². The minimum atomic E-state index is 0.913. The maximum absolute atomic E-state index is 9.99. The van der Waals surface area contributed by atoms with E-state index in [0.29, 0.717) is 0 Å². The number of aryl methyl sites for hydroxylation is 4. The van der Waals surface area contributed by atoms with Gasteiger partial charge in [-0.05, 0) is 122 Å². The van der Waals surface area contributed by atoms with Gasteiger partial charge in [-0.25, -0.2) is 0 Å². The summed E-state index contributed by atoms with van der Waals surface area (Å²) in [7, 11) is 0. The first-order valence-electron chi connectivity index (χ1n) is 20.5. The molecule has 0 aliphatic carbocycles. The summed E-state index contributed by atoms with van der Waals surface area (Å²) in [6.45, 7) is 13.8. The van der Waals surface area contributed by atoms with E-state index in [9.17, 15) is 5.53 Å². The molecule has 0 aliphatic rings. The second-order valence-electron chi connectivity index (χ2n) is 14.4. The van der Waals surface area contributed by atoms with E-state index >= 15 is 0 Å². The van der Waals surface area contributed by atoms with E-state index in [4.69, 9.17) is 0 Å². The van der Waals surface area contributed by atoms with E-state index in [1.807, 2.05) is 0 Å². The molecule has 0 bridgehead atoms. The van der Waals surface area contributed by atoms with Gasteiger partial charge >= 0.3 is 5.87 Å². The number of nitrogens with zero attached hydrogens (tertiary/aromatic N) is 2. The first-order valence-corrected chi connectivity index (χ1v) is 20.5. The van der Waals surface area contributed by atoms with Gasteiger partial charge in [-0.1, -0.05) is 155 Å². The molecule has 0 N–H and O–H groups in total. The third kappa shape index (κ3) is 15.7. The van der Waals surface area contributed by atoms with Crippen LogP contribution in [0, 0.1) is 0 Å².